The van der Waals surface area contributed by atoms with Crippen LogP contribution in [0, 0.1) is 0 Å². The average molecular weight is 695 g/mol. The lowest BCUT2D eigenvalue weighted by atomic mass is 9.66. The number of phenolic OH excluding ortho intramolecular Hbond substituents is 5. The number of carbonyl (C=O) groups excluding carboxylic acids is 1. The van der Waals surface area contributed by atoms with E-state index >= 15 is 0 Å². The summed E-state index contributed by atoms with van der Waals surface area (Å²) < 4.78 is 20.1. The molecule has 7 unspecified atom stereocenters. The van der Waals surface area contributed by atoms with Crippen molar-refractivity contribution in [1.82, 2.24) is 0 Å². The van der Waals surface area contributed by atoms with Gasteiger partial charge >= 0.3 is 0 Å². The van der Waals surface area contributed by atoms with E-state index in [-0.39, 0.29) is 34.5 Å². The van der Waals surface area contributed by atoms with E-state index in [9.17, 15) is 35.4 Å². The van der Waals surface area contributed by atoms with Crippen LogP contribution in [-0.4, -0.2) is 42.0 Å². The molecule has 10 nitrogen and oxygen atoms in total. The van der Waals surface area contributed by atoms with Crippen LogP contribution in [0.3, 0.4) is 0 Å². The zero-order chi connectivity index (χ0) is 35.6. The maximum atomic E-state index is 13.7. The van der Waals surface area contributed by atoms with Gasteiger partial charge in [0.1, 0.15) is 64.3 Å². The van der Waals surface area contributed by atoms with Gasteiger partial charge in [-0.05, 0) is 88.0 Å². The van der Waals surface area contributed by atoms with Crippen molar-refractivity contribution in [3.05, 3.63) is 159 Å². The van der Waals surface area contributed by atoms with Gasteiger partial charge in [-0.1, -0.05) is 36.4 Å². The Hall–Kier alpha value is -6.39. The smallest absolute Gasteiger partial charge is 0.182 e. The number of aromatic hydroxyl groups is 5. The van der Waals surface area contributed by atoms with E-state index in [4.69, 9.17) is 14.2 Å². The van der Waals surface area contributed by atoms with Crippen LogP contribution in [0.5, 0.6) is 40.2 Å². The molecule has 7 atom stereocenters. The van der Waals surface area contributed by atoms with E-state index in [0.717, 1.165) is 0 Å². The number of ether oxygens (including phenoxy) is 3. The molecule has 258 valence electrons. The van der Waals surface area contributed by atoms with Crippen molar-refractivity contribution in [2.75, 3.05) is 0 Å². The highest BCUT2D eigenvalue weighted by molar-refractivity contribution is 6.02. The Morgan fingerprint density at radius 1 is 0.500 bits per heavy atom. The number of hydrogen-bond donors (Lipinski definition) is 6. The van der Waals surface area contributed by atoms with Gasteiger partial charge in [-0.25, -0.2) is 0 Å². The number of benzene rings is 5. The monoisotopic (exact) mass is 694 g/mol. The molecule has 10 heteroatoms. The molecule has 3 aliphatic heterocycles. The predicted molar refractivity (Wildman–Crippen MR) is 185 cm³/mol. The summed E-state index contributed by atoms with van der Waals surface area (Å²) >= 11 is 0. The summed E-state index contributed by atoms with van der Waals surface area (Å²) in [5.41, 5.74) is 2.70. The standard InChI is InChI=1S/C42H30O10/c43-22-7-1-19(2-8-22)39-36-28-13-25(46)16-31-34(28)37(40(51-31)20-3-9-23(44)10-4-20)30-15-27(48)18-33-42(30,49)38(29-14-26(47)17-32(50-39)35(29)36)41(52-33)21-5-11-24(45)12-6-21/h1-18,36-41,43-47,49H. The molecule has 0 amide bonds. The van der Waals surface area contributed by atoms with Crippen LogP contribution in [-0.2, 0) is 9.53 Å². The first kappa shape index (κ1) is 30.4. The first-order chi connectivity index (χ1) is 25.1. The molecule has 3 heterocycles. The first-order valence-electron chi connectivity index (χ1n) is 16.9. The minimum Gasteiger partial charge on any atom is -0.508 e. The van der Waals surface area contributed by atoms with Crippen LogP contribution in [0.1, 0.15) is 75.0 Å². The molecular formula is C42H30O10. The molecule has 5 aromatic rings. The maximum Gasteiger partial charge on any atom is 0.182 e. The summed E-state index contributed by atoms with van der Waals surface area (Å²) in [4.78, 5) is 13.7. The second-order valence-electron chi connectivity index (χ2n) is 14.0. The number of fused-ring (bicyclic) bond motifs is 3. The van der Waals surface area contributed by atoms with Crippen LogP contribution in [0.2, 0.25) is 0 Å². The minimum atomic E-state index is -1.97. The third-order valence-corrected chi connectivity index (χ3v) is 11.1. The van der Waals surface area contributed by atoms with Gasteiger partial charge in [0.25, 0.3) is 0 Å². The predicted octanol–water partition coefficient (Wildman–Crippen LogP) is 6.69. The fraction of sp³-hybridized carbons (Fsp3) is 0.167. The van der Waals surface area contributed by atoms with Crippen LogP contribution >= 0.6 is 0 Å². The van der Waals surface area contributed by atoms with Gasteiger partial charge < -0.3 is 44.8 Å². The molecule has 1 saturated heterocycles. The minimum absolute atomic E-state index is 0.0286. The van der Waals surface area contributed by atoms with Gasteiger partial charge in [-0.2, -0.15) is 0 Å². The fourth-order valence-electron chi connectivity index (χ4n) is 9.05. The van der Waals surface area contributed by atoms with E-state index < -0.39 is 47.4 Å². The third-order valence-electron chi connectivity index (χ3n) is 11.1. The molecule has 5 aromatic carbocycles. The summed E-state index contributed by atoms with van der Waals surface area (Å²) in [6.07, 6.45) is 0.250. The Balaban J connectivity index is 1.33. The summed E-state index contributed by atoms with van der Waals surface area (Å²) in [7, 11) is 0. The van der Waals surface area contributed by atoms with Gasteiger partial charge in [0, 0.05) is 29.3 Å². The molecule has 0 aromatic heterocycles. The van der Waals surface area contributed by atoms with E-state index in [1.54, 1.807) is 60.7 Å². The van der Waals surface area contributed by atoms with Gasteiger partial charge in [-0.3, -0.25) is 4.79 Å². The van der Waals surface area contributed by atoms with Crippen molar-refractivity contribution in [2.24, 2.45) is 0 Å². The molecule has 2 aliphatic carbocycles. The second kappa shape index (κ2) is 10.6. The normalized spacial score (nSPS) is 27.4. The molecule has 0 saturated carbocycles. The van der Waals surface area contributed by atoms with Crippen molar-refractivity contribution in [3.8, 4) is 40.2 Å². The number of rotatable bonds is 3. The lowest BCUT2D eigenvalue weighted by Crippen LogP contribution is -2.42. The Morgan fingerprint density at radius 3 is 1.50 bits per heavy atom. The van der Waals surface area contributed by atoms with Crippen molar-refractivity contribution in [1.29, 1.82) is 0 Å². The topological polar surface area (TPSA) is 166 Å². The summed E-state index contributed by atoms with van der Waals surface area (Å²) in [5.74, 6) is -2.16. The van der Waals surface area contributed by atoms with Crippen LogP contribution in [0.25, 0.3) is 0 Å². The molecular weight excluding hydrogens is 664 g/mol. The number of ketones is 1. The number of phenols is 5. The fourth-order valence-corrected chi connectivity index (χ4v) is 9.05. The number of carbonyl (C=O) groups is 1. The van der Waals surface area contributed by atoms with E-state index in [0.29, 0.717) is 56.0 Å². The third kappa shape index (κ3) is 4.18. The highest BCUT2D eigenvalue weighted by atomic mass is 16.5. The van der Waals surface area contributed by atoms with Gasteiger partial charge in [-0.15, -0.1) is 0 Å². The maximum absolute atomic E-state index is 13.7. The number of hydrogen-bond acceptors (Lipinski definition) is 10. The van der Waals surface area contributed by atoms with Crippen molar-refractivity contribution in [3.63, 3.8) is 0 Å². The molecule has 0 bridgehead atoms. The summed E-state index contributed by atoms with van der Waals surface area (Å²) in [6.45, 7) is 0. The van der Waals surface area contributed by atoms with Crippen LogP contribution in [0.15, 0.2) is 121 Å². The molecule has 0 spiro atoms. The Kier molecular flexibility index (Phi) is 6.18. The Bertz CT molecular complexity index is 2400. The molecule has 52 heavy (non-hydrogen) atoms. The van der Waals surface area contributed by atoms with E-state index in [2.05, 4.69) is 0 Å². The van der Waals surface area contributed by atoms with E-state index in [1.807, 2.05) is 0 Å². The first-order valence-corrected chi connectivity index (χ1v) is 16.9. The van der Waals surface area contributed by atoms with Crippen molar-refractivity contribution in [2.45, 2.75) is 41.7 Å². The lowest BCUT2D eigenvalue weighted by Gasteiger charge is -2.38. The lowest BCUT2D eigenvalue weighted by molar-refractivity contribution is -0.111. The highest BCUT2D eigenvalue weighted by Crippen LogP contribution is 2.68. The van der Waals surface area contributed by atoms with Crippen molar-refractivity contribution < 1.29 is 49.6 Å². The number of allylic oxidation sites excluding steroid dienone is 2. The Labute approximate surface area is 296 Å². The van der Waals surface area contributed by atoms with Gasteiger partial charge in [0.05, 0.1) is 17.8 Å². The summed E-state index contributed by atoms with van der Waals surface area (Å²) in [6, 6.07) is 25.8. The quantitative estimate of drug-likeness (QED) is 0.120. The molecule has 0 radical (unpaired) electrons. The molecule has 5 aliphatic rings. The van der Waals surface area contributed by atoms with Crippen molar-refractivity contribution >= 4 is 5.78 Å². The Morgan fingerprint density at radius 2 is 0.962 bits per heavy atom. The SMILES string of the molecule is O=C1C=C2OC(c3ccc(O)cc3)C3c4cc(O)cc5c4C(c4cc(O)cc6c4C(C(=C1)C23O)C(c1ccc(O)cc1)O6)C(c1ccc(O)cc1)O5. The largest absolute Gasteiger partial charge is 0.508 e. The van der Waals surface area contributed by atoms with Gasteiger partial charge in [0.15, 0.2) is 11.4 Å². The number of aliphatic hydroxyl groups is 1. The average Bonchev–Trinajstić information content (AvgIpc) is 3.78. The molecule has 6 N–H and O–H groups in total. The van der Waals surface area contributed by atoms with Crippen LogP contribution < -0.4 is 9.47 Å². The summed E-state index contributed by atoms with van der Waals surface area (Å²) in [5, 5.41) is 66.7. The zero-order valence-corrected chi connectivity index (χ0v) is 27.2. The zero-order valence-electron chi connectivity index (χ0n) is 27.2. The van der Waals surface area contributed by atoms with Crippen LogP contribution in [0.4, 0.5) is 0 Å². The van der Waals surface area contributed by atoms with E-state index in [1.165, 1.54) is 48.6 Å². The molecule has 1 fully saturated rings. The second-order valence-corrected chi connectivity index (χ2v) is 14.0. The molecule has 10 rings (SSSR count). The highest BCUT2D eigenvalue weighted by Gasteiger charge is 2.64. The van der Waals surface area contributed by atoms with Gasteiger partial charge in [0.2, 0.25) is 0 Å².